The summed E-state index contributed by atoms with van der Waals surface area (Å²) in [5.41, 5.74) is 4.59. The van der Waals surface area contributed by atoms with Gasteiger partial charge >= 0.3 is 0 Å². The zero-order valence-corrected chi connectivity index (χ0v) is 18.9. The molecule has 0 aliphatic heterocycles. The van der Waals surface area contributed by atoms with Crippen LogP contribution in [0.4, 0.5) is 8.78 Å². The summed E-state index contributed by atoms with van der Waals surface area (Å²) in [6, 6.07) is 19.8. The van der Waals surface area contributed by atoms with Crippen molar-refractivity contribution in [3.63, 3.8) is 0 Å². The number of hydrogen-bond donors (Lipinski definition) is 0. The molecule has 0 fully saturated rings. The summed E-state index contributed by atoms with van der Waals surface area (Å²) < 4.78 is 29.3. The standard InChI is InChI=1S/C26H30F2Si/c1-5-6-7-8-19-9-11-20(12-10-19)21-13-15-22(16-14-21)23-17-18-24(29(2,3)4)26(28)25(23)27/h9-18H,5-8H2,1-4H3. The summed E-state index contributed by atoms with van der Waals surface area (Å²) in [6.45, 7) is 8.28. The predicted octanol–water partition coefficient (Wildman–Crippen LogP) is 7.58. The van der Waals surface area contributed by atoms with Crippen molar-refractivity contribution in [1.82, 2.24) is 0 Å². The summed E-state index contributed by atoms with van der Waals surface area (Å²) in [7, 11) is -1.92. The average Bonchev–Trinajstić information content (AvgIpc) is 2.70. The van der Waals surface area contributed by atoms with Crippen LogP contribution in [0.15, 0.2) is 60.7 Å². The lowest BCUT2D eigenvalue weighted by molar-refractivity contribution is 0.516. The van der Waals surface area contributed by atoms with Crippen LogP contribution in [-0.2, 0) is 6.42 Å². The monoisotopic (exact) mass is 408 g/mol. The molecule has 0 radical (unpaired) electrons. The first-order valence-electron chi connectivity index (χ1n) is 10.5. The highest BCUT2D eigenvalue weighted by Gasteiger charge is 2.24. The van der Waals surface area contributed by atoms with Gasteiger partial charge in [0.1, 0.15) is 0 Å². The molecule has 0 heterocycles. The van der Waals surface area contributed by atoms with E-state index in [9.17, 15) is 8.78 Å². The van der Waals surface area contributed by atoms with Crippen LogP contribution in [0.3, 0.4) is 0 Å². The van der Waals surface area contributed by atoms with E-state index >= 15 is 0 Å². The highest BCUT2D eigenvalue weighted by atomic mass is 28.3. The summed E-state index contributed by atoms with van der Waals surface area (Å²) in [6.07, 6.45) is 4.84. The van der Waals surface area contributed by atoms with Crippen LogP contribution >= 0.6 is 0 Å². The fraction of sp³-hybridized carbons (Fsp3) is 0.308. The number of hydrogen-bond acceptors (Lipinski definition) is 0. The van der Waals surface area contributed by atoms with Crippen LogP contribution < -0.4 is 5.19 Å². The first-order chi connectivity index (χ1) is 13.8. The molecule has 0 N–H and O–H groups in total. The molecule has 0 nitrogen and oxygen atoms in total. The van der Waals surface area contributed by atoms with Crippen LogP contribution in [0.5, 0.6) is 0 Å². The van der Waals surface area contributed by atoms with E-state index in [-0.39, 0.29) is 0 Å². The van der Waals surface area contributed by atoms with E-state index in [2.05, 4.69) is 31.2 Å². The Balaban J connectivity index is 1.81. The first kappa shape index (κ1) is 21.4. The molecule has 0 aliphatic carbocycles. The molecule has 0 atom stereocenters. The Kier molecular flexibility index (Phi) is 6.69. The molecular weight excluding hydrogens is 378 g/mol. The van der Waals surface area contributed by atoms with Crippen molar-refractivity contribution in [3.8, 4) is 22.3 Å². The van der Waals surface area contributed by atoms with Crippen molar-refractivity contribution in [1.29, 1.82) is 0 Å². The molecular formula is C26H30F2Si. The van der Waals surface area contributed by atoms with Crippen LogP contribution in [0.25, 0.3) is 22.3 Å². The van der Waals surface area contributed by atoms with E-state index in [1.807, 2.05) is 43.9 Å². The molecule has 0 unspecified atom stereocenters. The van der Waals surface area contributed by atoms with Gasteiger partial charge in [-0.15, -0.1) is 0 Å². The largest absolute Gasteiger partial charge is 0.204 e. The van der Waals surface area contributed by atoms with Crippen molar-refractivity contribution in [2.75, 3.05) is 0 Å². The van der Waals surface area contributed by atoms with E-state index in [0.29, 0.717) is 16.3 Å². The minimum Gasteiger partial charge on any atom is -0.204 e. The van der Waals surface area contributed by atoms with Gasteiger partial charge < -0.3 is 0 Å². The van der Waals surface area contributed by atoms with Crippen molar-refractivity contribution in [2.45, 2.75) is 52.2 Å². The van der Waals surface area contributed by atoms with Crippen LogP contribution in [0.1, 0.15) is 31.7 Å². The molecule has 0 bridgehead atoms. The lowest BCUT2D eigenvalue weighted by Crippen LogP contribution is -2.40. The topological polar surface area (TPSA) is 0 Å². The number of halogens is 2. The second-order valence-electron chi connectivity index (χ2n) is 8.77. The van der Waals surface area contributed by atoms with Gasteiger partial charge in [0.05, 0.1) is 8.07 Å². The zero-order chi connectivity index (χ0) is 21.0. The van der Waals surface area contributed by atoms with Gasteiger partial charge in [-0.2, -0.15) is 0 Å². The second kappa shape index (κ2) is 9.04. The second-order valence-corrected chi connectivity index (χ2v) is 13.8. The maximum absolute atomic E-state index is 14.7. The van der Waals surface area contributed by atoms with E-state index in [0.717, 1.165) is 17.5 Å². The Bertz CT molecular complexity index is 952. The number of aryl methyl sites for hydroxylation is 1. The fourth-order valence-electron chi connectivity index (χ4n) is 3.64. The van der Waals surface area contributed by atoms with E-state index < -0.39 is 19.7 Å². The molecule has 3 aromatic carbocycles. The molecule has 3 heteroatoms. The molecule has 0 saturated heterocycles. The van der Waals surface area contributed by atoms with Gasteiger partial charge in [0.25, 0.3) is 0 Å². The first-order valence-corrected chi connectivity index (χ1v) is 14.0. The maximum atomic E-state index is 14.7. The molecule has 0 saturated carbocycles. The summed E-state index contributed by atoms with van der Waals surface area (Å²) in [5.74, 6) is -1.43. The molecule has 152 valence electrons. The third-order valence-corrected chi connectivity index (χ3v) is 7.44. The van der Waals surface area contributed by atoms with Crippen molar-refractivity contribution < 1.29 is 8.78 Å². The lowest BCUT2D eigenvalue weighted by atomic mass is 9.98. The predicted molar refractivity (Wildman–Crippen MR) is 123 cm³/mol. The summed E-state index contributed by atoms with van der Waals surface area (Å²) in [4.78, 5) is 0. The average molecular weight is 409 g/mol. The molecule has 0 aromatic heterocycles. The summed E-state index contributed by atoms with van der Waals surface area (Å²) >= 11 is 0. The van der Waals surface area contributed by atoms with Crippen LogP contribution in [-0.4, -0.2) is 8.07 Å². The Morgan fingerprint density at radius 2 is 1.21 bits per heavy atom. The van der Waals surface area contributed by atoms with Gasteiger partial charge in [-0.25, -0.2) is 8.78 Å². The number of rotatable bonds is 7. The Hall–Kier alpha value is -2.26. The molecule has 0 aliphatic rings. The third-order valence-electron chi connectivity index (χ3n) is 5.44. The SMILES string of the molecule is CCCCCc1ccc(-c2ccc(-c3ccc([Si](C)(C)C)c(F)c3F)cc2)cc1. The molecule has 3 aromatic rings. The molecule has 0 spiro atoms. The van der Waals surface area contributed by atoms with Gasteiger partial charge in [0.15, 0.2) is 11.6 Å². The van der Waals surface area contributed by atoms with E-state index in [1.54, 1.807) is 12.1 Å². The fourth-order valence-corrected chi connectivity index (χ4v) is 4.99. The Labute approximate surface area is 174 Å². The van der Waals surface area contributed by atoms with Crippen molar-refractivity contribution in [3.05, 3.63) is 77.9 Å². The van der Waals surface area contributed by atoms with Crippen molar-refractivity contribution >= 4 is 13.3 Å². The molecule has 0 amide bonds. The highest BCUT2D eigenvalue weighted by molar-refractivity contribution is 6.88. The van der Waals surface area contributed by atoms with Crippen LogP contribution in [0, 0.1) is 11.6 Å². The van der Waals surface area contributed by atoms with E-state index in [4.69, 9.17) is 0 Å². The normalized spacial score (nSPS) is 11.7. The van der Waals surface area contributed by atoms with Gasteiger partial charge in [-0.05, 0) is 40.3 Å². The summed E-state index contributed by atoms with van der Waals surface area (Å²) in [5, 5.41) is 0.536. The number of unbranched alkanes of at least 4 members (excludes halogenated alkanes) is 2. The maximum Gasteiger partial charge on any atom is 0.166 e. The Morgan fingerprint density at radius 1 is 0.655 bits per heavy atom. The van der Waals surface area contributed by atoms with Crippen molar-refractivity contribution in [2.24, 2.45) is 0 Å². The van der Waals surface area contributed by atoms with E-state index in [1.165, 1.54) is 24.8 Å². The van der Waals surface area contributed by atoms with Gasteiger partial charge in [0.2, 0.25) is 0 Å². The minimum atomic E-state index is -1.92. The minimum absolute atomic E-state index is 0.322. The highest BCUT2D eigenvalue weighted by Crippen LogP contribution is 2.28. The zero-order valence-electron chi connectivity index (χ0n) is 17.9. The quantitative estimate of drug-likeness (QED) is 0.279. The Morgan fingerprint density at radius 3 is 1.76 bits per heavy atom. The lowest BCUT2D eigenvalue weighted by Gasteiger charge is -2.19. The van der Waals surface area contributed by atoms with Gasteiger partial charge in [0, 0.05) is 5.56 Å². The van der Waals surface area contributed by atoms with Gasteiger partial charge in [-0.1, -0.05) is 100 Å². The molecule has 3 rings (SSSR count). The van der Waals surface area contributed by atoms with Crippen LogP contribution in [0.2, 0.25) is 19.6 Å². The number of benzene rings is 3. The molecule has 29 heavy (non-hydrogen) atoms. The smallest absolute Gasteiger partial charge is 0.166 e. The third kappa shape index (κ3) is 5.02. The van der Waals surface area contributed by atoms with Gasteiger partial charge in [-0.3, -0.25) is 0 Å².